The van der Waals surface area contributed by atoms with Crippen molar-refractivity contribution in [3.63, 3.8) is 0 Å². The van der Waals surface area contributed by atoms with Crippen LogP contribution in [0.1, 0.15) is 85.0 Å². The Morgan fingerprint density at radius 1 is 0.760 bits per heavy atom. The molecule has 0 saturated carbocycles. The molecule has 0 spiro atoms. The highest BCUT2D eigenvalue weighted by atomic mass is 16.5. The molecule has 25 heavy (non-hydrogen) atoms. The quantitative estimate of drug-likeness (QED) is 0.180. The van der Waals surface area contributed by atoms with E-state index in [1.165, 1.54) is 25.7 Å². The Morgan fingerprint density at radius 2 is 1.24 bits per heavy atom. The van der Waals surface area contributed by atoms with Crippen molar-refractivity contribution in [1.82, 2.24) is 0 Å². The normalized spacial score (nSPS) is 12.5. The Morgan fingerprint density at radius 3 is 1.72 bits per heavy atom. The first-order valence-electron chi connectivity index (χ1n) is 9.96. The van der Waals surface area contributed by atoms with Crippen molar-refractivity contribution in [2.45, 2.75) is 91.1 Å². The van der Waals surface area contributed by atoms with Crippen molar-refractivity contribution in [1.29, 1.82) is 0 Å². The summed E-state index contributed by atoms with van der Waals surface area (Å²) in [5, 5.41) is 0. The van der Waals surface area contributed by atoms with Gasteiger partial charge in [0, 0.05) is 6.42 Å². The average Bonchev–Trinajstić information content (AvgIpc) is 2.57. The van der Waals surface area contributed by atoms with Crippen molar-refractivity contribution < 1.29 is 9.53 Å². The van der Waals surface area contributed by atoms with Gasteiger partial charge in [0.25, 0.3) is 0 Å². The molecule has 0 aliphatic carbocycles. The Labute approximate surface area is 155 Å². The lowest BCUT2D eigenvalue weighted by molar-refractivity contribution is -0.147. The standard InChI is InChI=1S/C23H38O2/c1-4-5-6-7-8-9-10-11-12-13-14-15-16-17-18-19-20-21-23(24)25-22(2)3/h8-9,11-12,14-15,17-18,22H,4-7,10,13,16,19-21H2,1-3H3. The number of ether oxygens (including phenoxy) is 1. The first-order valence-corrected chi connectivity index (χ1v) is 9.96. The summed E-state index contributed by atoms with van der Waals surface area (Å²) in [6.45, 7) is 6.00. The molecule has 0 radical (unpaired) electrons. The Kier molecular flexibility index (Phi) is 17.6. The Bertz CT molecular complexity index is 414. The third kappa shape index (κ3) is 20.4. The van der Waals surface area contributed by atoms with Crippen LogP contribution < -0.4 is 0 Å². The van der Waals surface area contributed by atoms with Gasteiger partial charge in [0.15, 0.2) is 0 Å². The van der Waals surface area contributed by atoms with Crippen LogP contribution in [-0.2, 0) is 9.53 Å². The van der Waals surface area contributed by atoms with Gasteiger partial charge in [-0.3, -0.25) is 4.79 Å². The molecular weight excluding hydrogens is 308 g/mol. The van der Waals surface area contributed by atoms with Gasteiger partial charge in [-0.15, -0.1) is 0 Å². The minimum atomic E-state index is -0.0918. The zero-order valence-corrected chi connectivity index (χ0v) is 16.6. The maximum Gasteiger partial charge on any atom is 0.306 e. The number of unbranched alkanes of at least 4 members (excludes halogenated alkanes) is 4. The number of allylic oxidation sites excluding steroid dienone is 8. The molecular formula is C23H38O2. The molecule has 0 aromatic heterocycles. The molecule has 0 bridgehead atoms. The molecule has 0 unspecified atom stereocenters. The van der Waals surface area contributed by atoms with E-state index in [1.54, 1.807) is 0 Å². The summed E-state index contributed by atoms with van der Waals surface area (Å²) < 4.78 is 5.09. The van der Waals surface area contributed by atoms with E-state index in [9.17, 15) is 4.79 Å². The van der Waals surface area contributed by atoms with Crippen LogP contribution in [0.5, 0.6) is 0 Å². The van der Waals surface area contributed by atoms with Crippen LogP contribution in [0.3, 0.4) is 0 Å². The lowest BCUT2D eigenvalue weighted by Crippen LogP contribution is -2.10. The number of carbonyl (C=O) groups excluding carboxylic acids is 1. The van der Waals surface area contributed by atoms with E-state index in [1.807, 2.05) is 13.8 Å². The predicted molar refractivity (Wildman–Crippen MR) is 110 cm³/mol. The third-order valence-electron chi connectivity index (χ3n) is 3.58. The van der Waals surface area contributed by atoms with Gasteiger partial charge < -0.3 is 4.74 Å². The summed E-state index contributed by atoms with van der Waals surface area (Å²) in [5.41, 5.74) is 0. The van der Waals surface area contributed by atoms with E-state index in [-0.39, 0.29) is 12.1 Å². The van der Waals surface area contributed by atoms with Crippen LogP contribution in [0, 0.1) is 0 Å². The fraction of sp³-hybridized carbons (Fsp3) is 0.609. The van der Waals surface area contributed by atoms with Crippen LogP contribution in [0.25, 0.3) is 0 Å². The van der Waals surface area contributed by atoms with E-state index in [0.29, 0.717) is 6.42 Å². The fourth-order valence-corrected chi connectivity index (χ4v) is 2.25. The van der Waals surface area contributed by atoms with Crippen LogP contribution in [0.4, 0.5) is 0 Å². The van der Waals surface area contributed by atoms with E-state index < -0.39 is 0 Å². The maximum atomic E-state index is 11.3. The van der Waals surface area contributed by atoms with Gasteiger partial charge in [0.2, 0.25) is 0 Å². The van der Waals surface area contributed by atoms with Crippen molar-refractivity contribution in [3.8, 4) is 0 Å². The monoisotopic (exact) mass is 346 g/mol. The van der Waals surface area contributed by atoms with Gasteiger partial charge in [0.05, 0.1) is 6.10 Å². The summed E-state index contributed by atoms with van der Waals surface area (Å²) >= 11 is 0. The lowest BCUT2D eigenvalue weighted by atomic mass is 10.2. The van der Waals surface area contributed by atoms with Gasteiger partial charge in [-0.1, -0.05) is 68.4 Å². The maximum absolute atomic E-state index is 11.3. The minimum absolute atomic E-state index is 0.0101. The van der Waals surface area contributed by atoms with Gasteiger partial charge in [-0.25, -0.2) is 0 Å². The molecule has 0 amide bonds. The number of hydrogen-bond donors (Lipinski definition) is 0. The van der Waals surface area contributed by atoms with Crippen molar-refractivity contribution in [2.24, 2.45) is 0 Å². The highest BCUT2D eigenvalue weighted by molar-refractivity contribution is 5.69. The molecule has 2 heteroatoms. The second kappa shape index (κ2) is 18.8. The summed E-state index contributed by atoms with van der Waals surface area (Å²) in [4.78, 5) is 11.3. The molecule has 142 valence electrons. The first kappa shape index (κ1) is 23.4. The van der Waals surface area contributed by atoms with Gasteiger partial charge in [-0.05, 0) is 58.8 Å². The smallest absolute Gasteiger partial charge is 0.306 e. The van der Waals surface area contributed by atoms with E-state index in [4.69, 9.17) is 4.74 Å². The van der Waals surface area contributed by atoms with Crippen molar-refractivity contribution in [2.75, 3.05) is 0 Å². The second-order valence-corrected chi connectivity index (χ2v) is 6.52. The second-order valence-electron chi connectivity index (χ2n) is 6.52. The molecule has 0 aliphatic rings. The molecule has 0 atom stereocenters. The van der Waals surface area contributed by atoms with E-state index >= 15 is 0 Å². The number of carbonyl (C=O) groups is 1. The first-order chi connectivity index (χ1) is 12.2. The molecule has 0 N–H and O–H groups in total. The third-order valence-corrected chi connectivity index (χ3v) is 3.58. The molecule has 0 saturated heterocycles. The summed E-state index contributed by atoms with van der Waals surface area (Å²) in [6, 6.07) is 0. The highest BCUT2D eigenvalue weighted by Gasteiger charge is 2.03. The van der Waals surface area contributed by atoms with Crippen LogP contribution in [-0.4, -0.2) is 12.1 Å². The van der Waals surface area contributed by atoms with Crippen LogP contribution in [0.2, 0.25) is 0 Å². The number of esters is 1. The molecule has 0 rings (SSSR count). The number of rotatable bonds is 15. The average molecular weight is 347 g/mol. The van der Waals surface area contributed by atoms with Crippen LogP contribution >= 0.6 is 0 Å². The van der Waals surface area contributed by atoms with Gasteiger partial charge in [-0.2, -0.15) is 0 Å². The summed E-state index contributed by atoms with van der Waals surface area (Å²) in [5.74, 6) is -0.0918. The molecule has 0 aliphatic heterocycles. The Hall–Kier alpha value is -1.57. The molecule has 0 aromatic rings. The largest absolute Gasteiger partial charge is 0.463 e. The van der Waals surface area contributed by atoms with Crippen LogP contribution in [0.15, 0.2) is 48.6 Å². The lowest BCUT2D eigenvalue weighted by Gasteiger charge is -2.06. The topological polar surface area (TPSA) is 26.3 Å². The summed E-state index contributed by atoms with van der Waals surface area (Å²) in [6.07, 6.45) is 28.2. The highest BCUT2D eigenvalue weighted by Crippen LogP contribution is 2.03. The molecule has 0 fully saturated rings. The zero-order chi connectivity index (χ0) is 18.6. The molecule has 0 aromatic carbocycles. The van der Waals surface area contributed by atoms with E-state index in [2.05, 4.69) is 55.5 Å². The van der Waals surface area contributed by atoms with Gasteiger partial charge in [0.1, 0.15) is 0 Å². The number of hydrogen-bond acceptors (Lipinski definition) is 2. The van der Waals surface area contributed by atoms with Crippen molar-refractivity contribution in [3.05, 3.63) is 48.6 Å². The Balaban J connectivity index is 3.47. The predicted octanol–water partition coefficient (Wildman–Crippen LogP) is 7.08. The SMILES string of the molecule is CCCCCC=CCC=CCC=CCC=CCCCC(=O)OC(C)C. The molecule has 2 nitrogen and oxygen atoms in total. The van der Waals surface area contributed by atoms with Crippen molar-refractivity contribution >= 4 is 5.97 Å². The van der Waals surface area contributed by atoms with E-state index in [0.717, 1.165) is 32.1 Å². The zero-order valence-electron chi connectivity index (χ0n) is 16.6. The van der Waals surface area contributed by atoms with Gasteiger partial charge >= 0.3 is 5.97 Å². The molecule has 0 heterocycles. The minimum Gasteiger partial charge on any atom is -0.463 e. The fourth-order valence-electron chi connectivity index (χ4n) is 2.25. The summed E-state index contributed by atoms with van der Waals surface area (Å²) in [7, 11) is 0.